The van der Waals surface area contributed by atoms with Crippen molar-refractivity contribution >= 4 is 5.91 Å². The number of hydrogen-bond donors (Lipinski definition) is 0. The molecule has 3 aromatic heterocycles. The van der Waals surface area contributed by atoms with E-state index in [1.54, 1.807) is 17.1 Å². The Labute approximate surface area is 182 Å². The van der Waals surface area contributed by atoms with Crippen molar-refractivity contribution in [3.05, 3.63) is 41.6 Å². The summed E-state index contributed by atoms with van der Waals surface area (Å²) >= 11 is 0. The van der Waals surface area contributed by atoms with Gasteiger partial charge in [0.1, 0.15) is 0 Å². The Morgan fingerprint density at radius 1 is 1.19 bits per heavy atom. The number of pyridine rings is 1. The first kappa shape index (κ1) is 21.2. The van der Waals surface area contributed by atoms with E-state index >= 15 is 0 Å². The number of carbonyl (C=O) groups is 1. The first-order chi connectivity index (χ1) is 14.8. The van der Waals surface area contributed by atoms with E-state index in [1.165, 1.54) is 0 Å². The predicted octanol–water partition coefficient (Wildman–Crippen LogP) is 2.70. The van der Waals surface area contributed by atoms with E-state index < -0.39 is 0 Å². The Morgan fingerprint density at radius 3 is 2.58 bits per heavy atom. The lowest BCUT2D eigenvalue weighted by Gasteiger charge is -2.34. The molecule has 31 heavy (non-hydrogen) atoms. The normalized spacial score (nSPS) is 15.5. The molecule has 0 aromatic carbocycles. The summed E-state index contributed by atoms with van der Waals surface area (Å²) in [5, 5.41) is 8.53. The van der Waals surface area contributed by atoms with Gasteiger partial charge in [-0.3, -0.25) is 4.79 Å². The second kappa shape index (κ2) is 8.22. The molecule has 1 aliphatic rings. The average molecular weight is 424 g/mol. The van der Waals surface area contributed by atoms with Crippen molar-refractivity contribution in [3.8, 4) is 17.3 Å². The highest BCUT2D eigenvalue weighted by Crippen LogP contribution is 2.25. The quantitative estimate of drug-likeness (QED) is 0.637. The van der Waals surface area contributed by atoms with E-state index in [0.717, 1.165) is 44.0 Å². The van der Waals surface area contributed by atoms with Crippen molar-refractivity contribution < 1.29 is 9.32 Å². The molecule has 9 heteroatoms. The average Bonchev–Trinajstić information content (AvgIpc) is 3.41. The predicted molar refractivity (Wildman–Crippen MR) is 116 cm³/mol. The van der Waals surface area contributed by atoms with Gasteiger partial charge in [0.2, 0.25) is 0 Å². The zero-order chi connectivity index (χ0) is 22.2. The van der Waals surface area contributed by atoms with Crippen LogP contribution in [-0.2, 0) is 5.41 Å². The molecule has 0 bridgehead atoms. The first-order valence-corrected chi connectivity index (χ1v) is 10.6. The number of likely N-dealkylation sites (N-methyl/N-ethyl adjacent to an activating group) is 1. The van der Waals surface area contributed by atoms with Crippen LogP contribution in [0.5, 0.6) is 0 Å². The number of amides is 1. The van der Waals surface area contributed by atoms with Gasteiger partial charge in [-0.15, -0.1) is 0 Å². The van der Waals surface area contributed by atoms with Gasteiger partial charge >= 0.3 is 0 Å². The fourth-order valence-corrected chi connectivity index (χ4v) is 3.60. The third-order valence-corrected chi connectivity index (χ3v) is 5.65. The summed E-state index contributed by atoms with van der Waals surface area (Å²) in [5.74, 6) is 1.69. The SMILES string of the molecule is CCN1CCN(C(=O)c2cnn(-c3cc(-c4nc(C(C)(C)C)no4)ccn3)c2C)CC1. The van der Waals surface area contributed by atoms with Crippen LogP contribution in [0.1, 0.15) is 49.6 Å². The molecule has 0 spiro atoms. The molecule has 9 nitrogen and oxygen atoms in total. The van der Waals surface area contributed by atoms with Crippen LogP contribution in [-0.4, -0.2) is 73.3 Å². The van der Waals surface area contributed by atoms with Crippen LogP contribution in [0.2, 0.25) is 0 Å². The third-order valence-electron chi connectivity index (χ3n) is 5.65. The molecule has 4 heterocycles. The van der Waals surface area contributed by atoms with Crippen LogP contribution in [0.15, 0.2) is 29.0 Å². The lowest BCUT2D eigenvalue weighted by molar-refractivity contribution is 0.0642. The fourth-order valence-electron chi connectivity index (χ4n) is 3.60. The molecule has 1 aliphatic heterocycles. The summed E-state index contributed by atoms with van der Waals surface area (Å²) in [6.45, 7) is 14.4. The van der Waals surface area contributed by atoms with Crippen molar-refractivity contribution in [2.75, 3.05) is 32.7 Å². The van der Waals surface area contributed by atoms with Crippen molar-refractivity contribution in [2.24, 2.45) is 0 Å². The van der Waals surface area contributed by atoms with E-state index in [9.17, 15) is 4.79 Å². The van der Waals surface area contributed by atoms with Crippen molar-refractivity contribution in [1.29, 1.82) is 0 Å². The zero-order valence-corrected chi connectivity index (χ0v) is 18.8. The second-order valence-corrected chi connectivity index (χ2v) is 8.86. The van der Waals surface area contributed by atoms with Gasteiger partial charge in [-0.05, 0) is 25.6 Å². The molecule has 1 amide bonds. The lowest BCUT2D eigenvalue weighted by atomic mass is 9.96. The summed E-state index contributed by atoms with van der Waals surface area (Å²) in [7, 11) is 0. The molecule has 3 aromatic rings. The minimum Gasteiger partial charge on any atom is -0.336 e. The smallest absolute Gasteiger partial charge is 0.258 e. The van der Waals surface area contributed by atoms with Crippen LogP contribution in [0.25, 0.3) is 17.3 Å². The van der Waals surface area contributed by atoms with Gasteiger partial charge in [0.25, 0.3) is 11.8 Å². The van der Waals surface area contributed by atoms with E-state index in [1.807, 2.05) is 44.7 Å². The summed E-state index contributed by atoms with van der Waals surface area (Å²) in [5.41, 5.74) is 1.92. The van der Waals surface area contributed by atoms with Gasteiger partial charge in [-0.25, -0.2) is 9.67 Å². The molecule has 1 saturated heterocycles. The Hall–Kier alpha value is -3.07. The van der Waals surface area contributed by atoms with Gasteiger partial charge in [0.05, 0.1) is 17.5 Å². The number of rotatable bonds is 4. The fraction of sp³-hybridized carbons (Fsp3) is 0.500. The maximum Gasteiger partial charge on any atom is 0.258 e. The molecule has 0 unspecified atom stereocenters. The molecule has 0 atom stereocenters. The van der Waals surface area contributed by atoms with Crippen molar-refractivity contribution in [1.82, 2.24) is 34.7 Å². The Balaban J connectivity index is 1.57. The summed E-state index contributed by atoms with van der Waals surface area (Å²) in [6, 6.07) is 3.66. The molecule has 0 radical (unpaired) electrons. The minimum atomic E-state index is -0.200. The van der Waals surface area contributed by atoms with Gasteiger partial charge in [-0.2, -0.15) is 10.1 Å². The molecular weight excluding hydrogens is 394 g/mol. The standard InChI is InChI=1S/C22H29N7O2/c1-6-27-9-11-28(12-10-27)20(30)17-14-24-29(15(17)2)18-13-16(7-8-23-18)19-25-21(26-31-19)22(3,4)5/h7-8,13-14H,6,9-12H2,1-5H3. The number of piperazine rings is 1. The largest absolute Gasteiger partial charge is 0.336 e. The molecular formula is C22H29N7O2. The monoisotopic (exact) mass is 423 g/mol. The van der Waals surface area contributed by atoms with Crippen LogP contribution in [0.4, 0.5) is 0 Å². The van der Waals surface area contributed by atoms with Crippen LogP contribution >= 0.6 is 0 Å². The minimum absolute atomic E-state index is 0.0161. The maximum absolute atomic E-state index is 13.0. The molecule has 0 N–H and O–H groups in total. The summed E-state index contributed by atoms with van der Waals surface area (Å²) < 4.78 is 7.14. The highest BCUT2D eigenvalue weighted by Gasteiger charge is 2.25. The topological polar surface area (TPSA) is 93.2 Å². The number of hydrogen-bond acceptors (Lipinski definition) is 7. The highest BCUT2D eigenvalue weighted by atomic mass is 16.5. The van der Waals surface area contributed by atoms with Crippen LogP contribution < -0.4 is 0 Å². The molecule has 0 saturated carbocycles. The van der Waals surface area contributed by atoms with E-state index in [2.05, 4.69) is 32.0 Å². The van der Waals surface area contributed by atoms with E-state index in [4.69, 9.17) is 4.52 Å². The van der Waals surface area contributed by atoms with Gasteiger partial charge < -0.3 is 14.3 Å². The molecule has 1 fully saturated rings. The zero-order valence-electron chi connectivity index (χ0n) is 18.8. The number of aromatic nitrogens is 5. The Morgan fingerprint density at radius 2 is 1.94 bits per heavy atom. The summed E-state index contributed by atoms with van der Waals surface area (Å²) in [6.07, 6.45) is 3.31. The molecule has 0 aliphatic carbocycles. The molecule has 164 valence electrons. The maximum atomic E-state index is 13.0. The van der Waals surface area contributed by atoms with Gasteiger partial charge in [0.15, 0.2) is 11.6 Å². The van der Waals surface area contributed by atoms with Crippen molar-refractivity contribution in [3.63, 3.8) is 0 Å². The Bertz CT molecular complexity index is 1070. The molecule has 4 rings (SSSR count). The first-order valence-electron chi connectivity index (χ1n) is 10.6. The highest BCUT2D eigenvalue weighted by molar-refractivity contribution is 5.95. The third kappa shape index (κ3) is 4.23. The second-order valence-electron chi connectivity index (χ2n) is 8.86. The summed E-state index contributed by atoms with van der Waals surface area (Å²) in [4.78, 5) is 26.2. The van der Waals surface area contributed by atoms with E-state index in [-0.39, 0.29) is 11.3 Å². The van der Waals surface area contributed by atoms with Crippen LogP contribution in [0.3, 0.4) is 0 Å². The Kier molecular flexibility index (Phi) is 5.62. The number of nitrogens with zero attached hydrogens (tertiary/aromatic N) is 7. The number of carbonyl (C=O) groups excluding carboxylic acids is 1. The van der Waals surface area contributed by atoms with E-state index in [0.29, 0.717) is 23.1 Å². The lowest BCUT2D eigenvalue weighted by Crippen LogP contribution is -2.48. The van der Waals surface area contributed by atoms with Gasteiger partial charge in [-0.1, -0.05) is 32.9 Å². The van der Waals surface area contributed by atoms with Gasteiger partial charge in [0, 0.05) is 43.4 Å². The van der Waals surface area contributed by atoms with Crippen LogP contribution in [0, 0.1) is 6.92 Å². The van der Waals surface area contributed by atoms with Crippen molar-refractivity contribution in [2.45, 2.75) is 40.0 Å².